The van der Waals surface area contributed by atoms with E-state index in [1.807, 2.05) is 19.9 Å². The first kappa shape index (κ1) is 20.7. The van der Waals surface area contributed by atoms with E-state index < -0.39 is 0 Å². The molecule has 2 N–H and O–H groups in total. The van der Waals surface area contributed by atoms with Gasteiger partial charge in [0, 0.05) is 16.4 Å². The third kappa shape index (κ3) is 6.58. The highest BCUT2D eigenvalue weighted by Gasteiger charge is 2.14. The van der Waals surface area contributed by atoms with E-state index in [2.05, 4.69) is 10.6 Å². The molecule has 0 spiro atoms. The van der Waals surface area contributed by atoms with Gasteiger partial charge in [0.15, 0.2) is 0 Å². The van der Waals surface area contributed by atoms with Gasteiger partial charge in [0.25, 0.3) is 0 Å². The third-order valence-corrected chi connectivity index (χ3v) is 4.26. The zero-order valence-corrected chi connectivity index (χ0v) is 16.5. The Hall–Kier alpha value is -2.57. The molecule has 0 aliphatic carbocycles. The van der Waals surface area contributed by atoms with E-state index in [0.29, 0.717) is 22.9 Å². The molecule has 0 radical (unpaired) electrons. The average Bonchev–Trinajstić information content (AvgIpc) is 2.64. The van der Waals surface area contributed by atoms with Gasteiger partial charge in [0.2, 0.25) is 11.8 Å². The van der Waals surface area contributed by atoms with E-state index in [4.69, 9.17) is 16.3 Å². The number of likely N-dealkylation sites (N-methyl/N-ethyl adjacent to an activating group) is 1. The molecule has 2 rings (SSSR count). The van der Waals surface area contributed by atoms with Gasteiger partial charge in [0.1, 0.15) is 5.75 Å². The highest BCUT2D eigenvalue weighted by molar-refractivity contribution is 6.31. The van der Waals surface area contributed by atoms with Crippen molar-refractivity contribution in [2.24, 2.45) is 0 Å². The van der Waals surface area contributed by atoms with Crippen LogP contribution in [0.2, 0.25) is 5.02 Å². The molecule has 7 heteroatoms. The summed E-state index contributed by atoms with van der Waals surface area (Å²) < 4.78 is 5.09. The average molecular weight is 390 g/mol. The molecule has 2 aromatic rings. The van der Waals surface area contributed by atoms with Crippen LogP contribution < -0.4 is 15.4 Å². The number of hydrogen-bond acceptors (Lipinski definition) is 4. The number of nitrogens with one attached hydrogen (secondary N) is 2. The minimum absolute atomic E-state index is 0.110. The van der Waals surface area contributed by atoms with Gasteiger partial charge in [-0.25, -0.2) is 0 Å². The van der Waals surface area contributed by atoms with Crippen LogP contribution in [-0.4, -0.2) is 43.5 Å². The van der Waals surface area contributed by atoms with Gasteiger partial charge >= 0.3 is 0 Å². The van der Waals surface area contributed by atoms with Crippen LogP contribution in [0.1, 0.15) is 12.5 Å². The maximum Gasteiger partial charge on any atom is 0.238 e. The Morgan fingerprint density at radius 3 is 2.26 bits per heavy atom. The lowest BCUT2D eigenvalue weighted by Crippen LogP contribution is -2.38. The fraction of sp³-hybridized carbons (Fsp3) is 0.300. The molecular weight excluding hydrogens is 366 g/mol. The highest BCUT2D eigenvalue weighted by Crippen LogP contribution is 2.20. The molecule has 27 heavy (non-hydrogen) atoms. The minimum Gasteiger partial charge on any atom is -0.497 e. The van der Waals surface area contributed by atoms with E-state index in [9.17, 15) is 9.59 Å². The molecule has 0 fully saturated rings. The van der Waals surface area contributed by atoms with Crippen LogP contribution in [0, 0.1) is 6.92 Å². The predicted molar refractivity (Wildman–Crippen MR) is 109 cm³/mol. The zero-order valence-electron chi connectivity index (χ0n) is 15.7. The second-order valence-corrected chi connectivity index (χ2v) is 6.52. The summed E-state index contributed by atoms with van der Waals surface area (Å²) in [4.78, 5) is 26.3. The smallest absolute Gasteiger partial charge is 0.238 e. The van der Waals surface area contributed by atoms with Gasteiger partial charge in [0.05, 0.1) is 20.2 Å². The molecule has 0 atom stereocenters. The van der Waals surface area contributed by atoms with Gasteiger partial charge in [-0.05, 0) is 55.4 Å². The number of carbonyl (C=O) groups excluding carboxylic acids is 2. The second kappa shape index (κ2) is 9.94. The Morgan fingerprint density at radius 2 is 1.67 bits per heavy atom. The molecule has 0 aliphatic rings. The van der Waals surface area contributed by atoms with Crippen molar-refractivity contribution in [1.82, 2.24) is 4.90 Å². The number of halogens is 1. The van der Waals surface area contributed by atoms with E-state index in [0.717, 1.165) is 11.3 Å². The molecule has 2 aromatic carbocycles. The number of benzene rings is 2. The molecule has 0 heterocycles. The molecule has 144 valence electrons. The number of nitrogens with zero attached hydrogens (tertiary/aromatic N) is 1. The number of carbonyl (C=O) groups is 2. The highest BCUT2D eigenvalue weighted by atomic mass is 35.5. The van der Waals surface area contributed by atoms with Crippen molar-refractivity contribution in [2.45, 2.75) is 13.8 Å². The Morgan fingerprint density at radius 1 is 1.04 bits per heavy atom. The largest absolute Gasteiger partial charge is 0.497 e. The molecule has 0 saturated carbocycles. The topological polar surface area (TPSA) is 70.7 Å². The first-order valence-corrected chi connectivity index (χ1v) is 9.01. The number of methoxy groups -OCH3 is 1. The van der Waals surface area contributed by atoms with E-state index in [1.54, 1.807) is 48.4 Å². The fourth-order valence-corrected chi connectivity index (χ4v) is 2.65. The van der Waals surface area contributed by atoms with Gasteiger partial charge in [-0.1, -0.05) is 24.6 Å². The Kier molecular flexibility index (Phi) is 7.64. The van der Waals surface area contributed by atoms with Crippen molar-refractivity contribution in [3.8, 4) is 5.75 Å². The summed E-state index contributed by atoms with van der Waals surface area (Å²) in [5.41, 5.74) is 2.27. The molecular formula is C20H24ClN3O3. The van der Waals surface area contributed by atoms with Gasteiger partial charge in [-0.15, -0.1) is 0 Å². The molecule has 0 saturated heterocycles. The van der Waals surface area contributed by atoms with Gasteiger partial charge < -0.3 is 15.4 Å². The number of amides is 2. The summed E-state index contributed by atoms with van der Waals surface area (Å²) in [5.74, 6) is 0.337. The fourth-order valence-electron chi connectivity index (χ4n) is 2.48. The van der Waals surface area contributed by atoms with Crippen molar-refractivity contribution < 1.29 is 14.3 Å². The van der Waals surface area contributed by atoms with Crippen LogP contribution >= 0.6 is 11.6 Å². The molecule has 6 nitrogen and oxygen atoms in total. The van der Waals surface area contributed by atoms with Gasteiger partial charge in [-0.2, -0.15) is 0 Å². The van der Waals surface area contributed by atoms with E-state index in [1.165, 1.54) is 0 Å². The summed E-state index contributed by atoms with van der Waals surface area (Å²) in [5, 5.41) is 6.21. The number of aryl methyl sites for hydroxylation is 1. The minimum atomic E-state index is -0.195. The van der Waals surface area contributed by atoms with E-state index >= 15 is 0 Å². The molecule has 0 bridgehead atoms. The Bertz CT molecular complexity index is 794. The predicted octanol–water partition coefficient (Wildman–Crippen LogP) is 3.56. The lowest BCUT2D eigenvalue weighted by molar-refractivity contribution is -0.119. The first-order chi connectivity index (χ1) is 12.9. The molecule has 0 aromatic heterocycles. The number of anilines is 2. The summed E-state index contributed by atoms with van der Waals surface area (Å²) >= 11 is 5.98. The van der Waals surface area contributed by atoms with Crippen molar-refractivity contribution in [3.63, 3.8) is 0 Å². The second-order valence-electron chi connectivity index (χ2n) is 6.09. The third-order valence-electron chi connectivity index (χ3n) is 4.03. The summed E-state index contributed by atoms with van der Waals surface area (Å²) in [6.07, 6.45) is 0. The summed E-state index contributed by atoms with van der Waals surface area (Å²) in [7, 11) is 1.59. The zero-order chi connectivity index (χ0) is 19.8. The SMILES string of the molecule is CCN(CC(=O)Nc1ccc(OC)cc1)CC(=O)Nc1cc(Cl)ccc1C. The maximum atomic E-state index is 12.3. The van der Waals surface area contributed by atoms with Gasteiger partial charge in [-0.3, -0.25) is 14.5 Å². The Balaban J connectivity index is 1.88. The lowest BCUT2D eigenvalue weighted by atomic mass is 10.2. The normalized spacial score (nSPS) is 10.6. The van der Waals surface area contributed by atoms with Crippen LogP contribution in [0.15, 0.2) is 42.5 Å². The number of hydrogen-bond donors (Lipinski definition) is 2. The van der Waals surface area contributed by atoms with Crippen molar-refractivity contribution in [3.05, 3.63) is 53.1 Å². The number of ether oxygens (including phenoxy) is 1. The van der Waals surface area contributed by atoms with Crippen LogP contribution in [0.25, 0.3) is 0 Å². The monoisotopic (exact) mass is 389 g/mol. The van der Waals surface area contributed by atoms with Crippen LogP contribution in [-0.2, 0) is 9.59 Å². The van der Waals surface area contributed by atoms with Crippen molar-refractivity contribution in [1.29, 1.82) is 0 Å². The first-order valence-electron chi connectivity index (χ1n) is 8.63. The Labute approximate surface area is 164 Å². The quantitative estimate of drug-likeness (QED) is 0.724. The summed E-state index contributed by atoms with van der Waals surface area (Å²) in [6, 6.07) is 12.4. The van der Waals surface area contributed by atoms with Crippen LogP contribution in [0.4, 0.5) is 11.4 Å². The molecule has 0 unspecified atom stereocenters. The number of rotatable bonds is 8. The lowest BCUT2D eigenvalue weighted by Gasteiger charge is -2.20. The molecule has 0 aliphatic heterocycles. The standard InChI is InChI=1S/C20H24ClN3O3/c1-4-24(12-19(25)22-16-7-9-17(27-3)10-8-16)13-20(26)23-18-11-15(21)6-5-14(18)2/h5-11H,4,12-13H2,1-3H3,(H,22,25)(H,23,26). The molecule has 2 amide bonds. The van der Waals surface area contributed by atoms with Crippen LogP contribution in [0.3, 0.4) is 0 Å². The van der Waals surface area contributed by atoms with E-state index in [-0.39, 0.29) is 24.9 Å². The summed E-state index contributed by atoms with van der Waals surface area (Å²) in [6.45, 7) is 4.59. The van der Waals surface area contributed by atoms with Crippen molar-refractivity contribution in [2.75, 3.05) is 37.4 Å². The van der Waals surface area contributed by atoms with Crippen molar-refractivity contribution >= 4 is 34.8 Å². The van der Waals surface area contributed by atoms with Crippen LogP contribution in [0.5, 0.6) is 5.75 Å². The maximum absolute atomic E-state index is 12.3.